The van der Waals surface area contributed by atoms with E-state index in [1.165, 1.54) is 12.0 Å². The van der Waals surface area contributed by atoms with E-state index in [0.717, 1.165) is 6.42 Å². The maximum atomic E-state index is 11.0. The maximum Gasteiger partial charge on any atom is 0.310 e. The number of carbonyl (C=O) groups is 1. The van der Waals surface area contributed by atoms with Crippen LogP contribution in [0.1, 0.15) is 11.8 Å². The van der Waals surface area contributed by atoms with E-state index in [-0.39, 0.29) is 11.9 Å². The Kier molecular flexibility index (Phi) is 5.36. The maximum absolute atomic E-state index is 11.0. The average Bonchev–Trinajstić information content (AvgIpc) is 2.75. The van der Waals surface area contributed by atoms with Gasteiger partial charge in [0.25, 0.3) is 0 Å². The minimum Gasteiger partial charge on any atom is -0.469 e. The summed E-state index contributed by atoms with van der Waals surface area (Å²) in [6.07, 6.45) is 0.908. The molecule has 0 amide bonds. The quantitative estimate of drug-likeness (QED) is 0.552. The van der Waals surface area contributed by atoms with Crippen molar-refractivity contribution in [3.05, 3.63) is 22.4 Å². The molecule has 84 valence electrons. The molecule has 0 aromatic carbocycles. The Morgan fingerprint density at radius 1 is 1.60 bits per heavy atom. The molecular formula is C11H16O3S. The molecule has 0 spiro atoms. The topological polar surface area (TPSA) is 35.5 Å². The van der Waals surface area contributed by atoms with E-state index in [9.17, 15) is 4.79 Å². The summed E-state index contributed by atoms with van der Waals surface area (Å²) < 4.78 is 10.00. The van der Waals surface area contributed by atoms with Gasteiger partial charge in [-0.15, -0.1) is 11.3 Å². The smallest absolute Gasteiger partial charge is 0.310 e. The number of carbonyl (C=O) groups excluding carboxylic acids is 1. The van der Waals surface area contributed by atoms with Crippen LogP contribution in [-0.4, -0.2) is 26.3 Å². The van der Waals surface area contributed by atoms with Gasteiger partial charge in [-0.3, -0.25) is 4.79 Å². The SMILES string of the molecule is COC(=O)C(C)COCCc1cccs1. The van der Waals surface area contributed by atoms with Crippen LogP contribution in [0.2, 0.25) is 0 Å². The van der Waals surface area contributed by atoms with Crippen molar-refractivity contribution >= 4 is 17.3 Å². The lowest BCUT2D eigenvalue weighted by Crippen LogP contribution is -2.18. The molecule has 4 heteroatoms. The fraction of sp³-hybridized carbons (Fsp3) is 0.545. The number of esters is 1. The van der Waals surface area contributed by atoms with Crippen molar-refractivity contribution in [2.24, 2.45) is 5.92 Å². The first-order valence-corrected chi connectivity index (χ1v) is 5.80. The third kappa shape index (κ3) is 4.44. The van der Waals surface area contributed by atoms with Crippen LogP contribution in [0.15, 0.2) is 17.5 Å². The Morgan fingerprint density at radius 3 is 3.00 bits per heavy atom. The molecule has 3 nitrogen and oxygen atoms in total. The summed E-state index contributed by atoms with van der Waals surface area (Å²) >= 11 is 1.72. The fourth-order valence-electron chi connectivity index (χ4n) is 1.16. The predicted octanol–water partition coefficient (Wildman–Crippen LogP) is 2.12. The zero-order valence-corrected chi connectivity index (χ0v) is 9.88. The number of hydrogen-bond donors (Lipinski definition) is 0. The van der Waals surface area contributed by atoms with Crippen molar-refractivity contribution in [2.45, 2.75) is 13.3 Å². The Labute approximate surface area is 94.0 Å². The van der Waals surface area contributed by atoms with Gasteiger partial charge in [0.05, 0.1) is 26.2 Å². The first kappa shape index (κ1) is 12.2. The Bertz CT molecular complexity index is 282. The molecule has 0 fully saturated rings. The van der Waals surface area contributed by atoms with Crippen LogP contribution in [0.3, 0.4) is 0 Å². The molecule has 0 N–H and O–H groups in total. The summed E-state index contributed by atoms with van der Waals surface area (Å²) in [6, 6.07) is 4.11. The van der Waals surface area contributed by atoms with Crippen molar-refractivity contribution in [1.82, 2.24) is 0 Å². The van der Waals surface area contributed by atoms with E-state index in [1.54, 1.807) is 18.3 Å². The van der Waals surface area contributed by atoms with Gasteiger partial charge in [-0.25, -0.2) is 0 Å². The van der Waals surface area contributed by atoms with E-state index in [0.29, 0.717) is 13.2 Å². The molecule has 15 heavy (non-hydrogen) atoms. The van der Waals surface area contributed by atoms with Gasteiger partial charge in [-0.1, -0.05) is 6.07 Å². The van der Waals surface area contributed by atoms with Gasteiger partial charge in [-0.2, -0.15) is 0 Å². The van der Waals surface area contributed by atoms with Crippen LogP contribution >= 0.6 is 11.3 Å². The van der Waals surface area contributed by atoms with E-state index >= 15 is 0 Å². The molecule has 0 aliphatic carbocycles. The summed E-state index contributed by atoms with van der Waals surface area (Å²) in [5.41, 5.74) is 0. The molecule has 0 saturated heterocycles. The minimum absolute atomic E-state index is 0.182. The van der Waals surface area contributed by atoms with E-state index < -0.39 is 0 Å². The predicted molar refractivity (Wildman–Crippen MR) is 60.0 cm³/mol. The van der Waals surface area contributed by atoms with Crippen molar-refractivity contribution in [3.8, 4) is 0 Å². The van der Waals surface area contributed by atoms with Gasteiger partial charge in [0.2, 0.25) is 0 Å². The van der Waals surface area contributed by atoms with Gasteiger partial charge in [0, 0.05) is 11.3 Å². The third-order valence-corrected chi connectivity index (χ3v) is 2.98. The molecular weight excluding hydrogens is 212 g/mol. The molecule has 0 aliphatic rings. The number of thiophene rings is 1. The van der Waals surface area contributed by atoms with Crippen molar-refractivity contribution in [1.29, 1.82) is 0 Å². The number of methoxy groups -OCH3 is 1. The molecule has 0 bridgehead atoms. The Balaban J connectivity index is 2.09. The van der Waals surface area contributed by atoms with E-state index in [4.69, 9.17) is 4.74 Å². The van der Waals surface area contributed by atoms with Gasteiger partial charge in [0.15, 0.2) is 0 Å². The highest BCUT2D eigenvalue weighted by Gasteiger charge is 2.12. The van der Waals surface area contributed by atoms with Crippen LogP contribution in [0.4, 0.5) is 0 Å². The van der Waals surface area contributed by atoms with E-state index in [2.05, 4.69) is 10.8 Å². The summed E-state index contributed by atoms with van der Waals surface area (Å²) in [5, 5.41) is 2.05. The molecule has 1 atom stereocenters. The highest BCUT2D eigenvalue weighted by atomic mass is 32.1. The zero-order chi connectivity index (χ0) is 11.1. The van der Waals surface area contributed by atoms with Gasteiger partial charge in [-0.05, 0) is 18.4 Å². The summed E-state index contributed by atoms with van der Waals surface area (Å²) in [4.78, 5) is 12.3. The molecule has 1 aromatic rings. The van der Waals surface area contributed by atoms with Crippen LogP contribution < -0.4 is 0 Å². The van der Waals surface area contributed by atoms with Gasteiger partial charge < -0.3 is 9.47 Å². The molecule has 0 saturated carbocycles. The third-order valence-electron chi connectivity index (χ3n) is 2.04. The fourth-order valence-corrected chi connectivity index (χ4v) is 1.85. The molecule has 0 radical (unpaired) electrons. The van der Waals surface area contributed by atoms with Crippen molar-refractivity contribution in [3.63, 3.8) is 0 Å². The van der Waals surface area contributed by atoms with Gasteiger partial charge in [0.1, 0.15) is 0 Å². The molecule has 1 rings (SSSR count). The van der Waals surface area contributed by atoms with Gasteiger partial charge >= 0.3 is 5.97 Å². The van der Waals surface area contributed by atoms with Crippen molar-refractivity contribution < 1.29 is 14.3 Å². The summed E-state index contributed by atoms with van der Waals surface area (Å²) in [7, 11) is 1.39. The lowest BCUT2D eigenvalue weighted by Gasteiger charge is -2.09. The highest BCUT2D eigenvalue weighted by molar-refractivity contribution is 7.09. The number of rotatable bonds is 6. The average molecular weight is 228 g/mol. The zero-order valence-electron chi connectivity index (χ0n) is 9.06. The lowest BCUT2D eigenvalue weighted by atomic mass is 10.2. The molecule has 0 aliphatic heterocycles. The second-order valence-electron chi connectivity index (χ2n) is 3.33. The van der Waals surface area contributed by atoms with Crippen LogP contribution in [-0.2, 0) is 20.7 Å². The minimum atomic E-state index is -0.217. The molecule has 1 unspecified atom stereocenters. The van der Waals surface area contributed by atoms with Crippen molar-refractivity contribution in [2.75, 3.05) is 20.3 Å². The second kappa shape index (κ2) is 6.58. The second-order valence-corrected chi connectivity index (χ2v) is 4.36. The first-order chi connectivity index (χ1) is 7.24. The Morgan fingerprint density at radius 2 is 2.40 bits per heavy atom. The first-order valence-electron chi connectivity index (χ1n) is 4.92. The lowest BCUT2D eigenvalue weighted by molar-refractivity contribution is -0.146. The largest absolute Gasteiger partial charge is 0.469 e. The normalized spacial score (nSPS) is 12.4. The van der Waals surface area contributed by atoms with Crippen LogP contribution in [0.25, 0.3) is 0 Å². The van der Waals surface area contributed by atoms with E-state index in [1.807, 2.05) is 11.4 Å². The molecule has 1 aromatic heterocycles. The number of ether oxygens (including phenoxy) is 2. The van der Waals surface area contributed by atoms with Crippen LogP contribution in [0, 0.1) is 5.92 Å². The standard InChI is InChI=1S/C11H16O3S/c1-9(11(12)13-2)8-14-6-5-10-4-3-7-15-10/h3-4,7,9H,5-6,8H2,1-2H3. The summed E-state index contributed by atoms with van der Waals surface area (Å²) in [5.74, 6) is -0.399. The molecule has 1 heterocycles. The number of hydrogen-bond acceptors (Lipinski definition) is 4. The highest BCUT2D eigenvalue weighted by Crippen LogP contribution is 2.09. The Hall–Kier alpha value is -0.870. The monoisotopic (exact) mass is 228 g/mol. The van der Waals surface area contributed by atoms with Crippen LogP contribution in [0.5, 0.6) is 0 Å². The summed E-state index contributed by atoms with van der Waals surface area (Å²) in [6.45, 7) is 2.89.